The monoisotopic (exact) mass is 282 g/mol. The van der Waals surface area contributed by atoms with Crippen LogP contribution in [0, 0.1) is 6.92 Å². The SMILES string of the molecule is CCOc1ccccc1OC(=O)/C=C/c1ccc(C)cc1. The van der Waals surface area contributed by atoms with Gasteiger partial charge in [-0.1, -0.05) is 42.0 Å². The van der Waals surface area contributed by atoms with Gasteiger partial charge in [-0.3, -0.25) is 0 Å². The van der Waals surface area contributed by atoms with Gasteiger partial charge in [0, 0.05) is 6.08 Å². The first-order valence-corrected chi connectivity index (χ1v) is 6.87. The Bertz CT molecular complexity index is 627. The molecule has 2 aromatic carbocycles. The molecule has 0 aliphatic carbocycles. The minimum absolute atomic E-state index is 0.428. The molecule has 0 aliphatic heterocycles. The number of para-hydroxylation sites is 2. The van der Waals surface area contributed by atoms with Crippen molar-refractivity contribution in [1.29, 1.82) is 0 Å². The van der Waals surface area contributed by atoms with E-state index in [1.165, 1.54) is 11.6 Å². The number of hydrogen-bond donors (Lipinski definition) is 0. The van der Waals surface area contributed by atoms with Gasteiger partial charge in [-0.05, 0) is 37.6 Å². The lowest BCUT2D eigenvalue weighted by Gasteiger charge is -2.08. The molecule has 3 heteroatoms. The summed E-state index contributed by atoms with van der Waals surface area (Å²) in [5, 5.41) is 0. The molecule has 0 saturated heterocycles. The largest absolute Gasteiger partial charge is 0.490 e. The van der Waals surface area contributed by atoms with Gasteiger partial charge in [0.2, 0.25) is 0 Å². The number of hydrogen-bond acceptors (Lipinski definition) is 3. The van der Waals surface area contributed by atoms with E-state index in [1.807, 2.05) is 44.2 Å². The topological polar surface area (TPSA) is 35.5 Å². The normalized spacial score (nSPS) is 10.6. The number of benzene rings is 2. The summed E-state index contributed by atoms with van der Waals surface area (Å²) in [6.07, 6.45) is 3.14. The molecule has 0 bridgehead atoms. The Hall–Kier alpha value is -2.55. The zero-order valence-electron chi connectivity index (χ0n) is 12.2. The predicted molar refractivity (Wildman–Crippen MR) is 83.5 cm³/mol. The van der Waals surface area contributed by atoms with E-state index in [-0.39, 0.29) is 0 Å². The lowest BCUT2D eigenvalue weighted by molar-refractivity contribution is -0.129. The Morgan fingerprint density at radius 3 is 2.38 bits per heavy atom. The second-order valence-corrected chi connectivity index (χ2v) is 4.54. The number of rotatable bonds is 5. The van der Waals surface area contributed by atoms with Gasteiger partial charge in [0.05, 0.1) is 6.61 Å². The number of ether oxygens (including phenoxy) is 2. The van der Waals surface area contributed by atoms with Crippen LogP contribution in [0.15, 0.2) is 54.6 Å². The third-order valence-corrected chi connectivity index (χ3v) is 2.85. The van der Waals surface area contributed by atoms with Gasteiger partial charge < -0.3 is 9.47 Å². The van der Waals surface area contributed by atoms with Gasteiger partial charge in [-0.2, -0.15) is 0 Å². The average molecular weight is 282 g/mol. The maximum absolute atomic E-state index is 11.8. The van der Waals surface area contributed by atoms with E-state index in [0.29, 0.717) is 18.1 Å². The standard InChI is InChI=1S/C18H18O3/c1-3-20-16-6-4-5-7-17(16)21-18(19)13-12-15-10-8-14(2)9-11-15/h4-13H,3H2,1-2H3/b13-12+. The number of carbonyl (C=O) groups excluding carboxylic acids is 1. The van der Waals surface area contributed by atoms with Crippen LogP contribution in [0.25, 0.3) is 6.08 Å². The second-order valence-electron chi connectivity index (χ2n) is 4.54. The number of carbonyl (C=O) groups is 1. The number of esters is 1. The van der Waals surface area contributed by atoms with Crippen LogP contribution < -0.4 is 9.47 Å². The van der Waals surface area contributed by atoms with Crippen LogP contribution in [0.2, 0.25) is 0 Å². The van der Waals surface area contributed by atoms with Crippen molar-refractivity contribution in [2.75, 3.05) is 6.61 Å². The molecule has 21 heavy (non-hydrogen) atoms. The molecule has 3 nitrogen and oxygen atoms in total. The molecule has 2 aromatic rings. The highest BCUT2D eigenvalue weighted by Crippen LogP contribution is 2.26. The summed E-state index contributed by atoms with van der Waals surface area (Å²) in [6.45, 7) is 4.43. The zero-order valence-corrected chi connectivity index (χ0v) is 12.2. The van der Waals surface area contributed by atoms with Crippen molar-refractivity contribution in [3.05, 3.63) is 65.7 Å². The van der Waals surface area contributed by atoms with Crippen molar-refractivity contribution < 1.29 is 14.3 Å². The molecular formula is C18H18O3. The summed E-state index contributed by atoms with van der Waals surface area (Å²) in [6, 6.07) is 15.0. The van der Waals surface area contributed by atoms with Crippen molar-refractivity contribution in [1.82, 2.24) is 0 Å². The van der Waals surface area contributed by atoms with Crippen LogP contribution >= 0.6 is 0 Å². The molecule has 2 rings (SSSR count). The third-order valence-electron chi connectivity index (χ3n) is 2.85. The summed E-state index contributed by atoms with van der Waals surface area (Å²) >= 11 is 0. The maximum Gasteiger partial charge on any atom is 0.336 e. The molecule has 0 atom stereocenters. The Morgan fingerprint density at radius 1 is 1.05 bits per heavy atom. The van der Waals surface area contributed by atoms with E-state index in [9.17, 15) is 4.79 Å². The van der Waals surface area contributed by atoms with Crippen molar-refractivity contribution in [3.63, 3.8) is 0 Å². The molecule has 0 fully saturated rings. The lowest BCUT2D eigenvalue weighted by Crippen LogP contribution is -2.05. The molecule has 0 heterocycles. The van der Waals surface area contributed by atoms with Gasteiger partial charge in [0.15, 0.2) is 11.5 Å². The van der Waals surface area contributed by atoms with E-state index >= 15 is 0 Å². The van der Waals surface area contributed by atoms with Gasteiger partial charge >= 0.3 is 5.97 Å². The molecule has 0 aliphatic rings. The minimum atomic E-state index is -0.428. The molecule has 108 valence electrons. The molecule has 0 aromatic heterocycles. The van der Waals surface area contributed by atoms with E-state index in [4.69, 9.17) is 9.47 Å². The average Bonchev–Trinajstić information content (AvgIpc) is 2.49. The quantitative estimate of drug-likeness (QED) is 0.472. The Balaban J connectivity index is 2.03. The predicted octanol–water partition coefficient (Wildman–Crippen LogP) is 4.01. The summed E-state index contributed by atoms with van der Waals surface area (Å²) < 4.78 is 10.7. The summed E-state index contributed by atoms with van der Waals surface area (Å²) in [7, 11) is 0. The molecule has 0 spiro atoms. The Kier molecular flexibility index (Phi) is 5.16. The smallest absolute Gasteiger partial charge is 0.336 e. The fraction of sp³-hybridized carbons (Fsp3) is 0.167. The van der Waals surface area contributed by atoms with Crippen molar-refractivity contribution in [2.45, 2.75) is 13.8 Å². The number of aryl methyl sites for hydroxylation is 1. The van der Waals surface area contributed by atoms with Crippen LogP contribution in [0.3, 0.4) is 0 Å². The third kappa shape index (κ3) is 4.49. The summed E-state index contributed by atoms with van der Waals surface area (Å²) in [5.74, 6) is 0.567. The fourth-order valence-corrected chi connectivity index (χ4v) is 1.79. The highest BCUT2D eigenvalue weighted by atomic mass is 16.6. The van der Waals surface area contributed by atoms with E-state index in [1.54, 1.807) is 24.3 Å². The van der Waals surface area contributed by atoms with Crippen LogP contribution in [0.4, 0.5) is 0 Å². The first-order chi connectivity index (χ1) is 10.2. The molecule has 0 amide bonds. The highest BCUT2D eigenvalue weighted by molar-refractivity contribution is 5.89. The molecule has 0 N–H and O–H groups in total. The van der Waals surface area contributed by atoms with Crippen LogP contribution in [-0.2, 0) is 4.79 Å². The molecule has 0 unspecified atom stereocenters. The molecule has 0 saturated carbocycles. The Labute approximate surface area is 124 Å². The first-order valence-electron chi connectivity index (χ1n) is 6.87. The van der Waals surface area contributed by atoms with Gasteiger partial charge in [-0.25, -0.2) is 4.79 Å². The van der Waals surface area contributed by atoms with Gasteiger partial charge in [0.1, 0.15) is 0 Å². The van der Waals surface area contributed by atoms with E-state index in [0.717, 1.165) is 5.56 Å². The van der Waals surface area contributed by atoms with Gasteiger partial charge in [-0.15, -0.1) is 0 Å². The van der Waals surface area contributed by atoms with Crippen molar-refractivity contribution >= 4 is 12.0 Å². The highest BCUT2D eigenvalue weighted by Gasteiger charge is 2.06. The zero-order chi connectivity index (χ0) is 15.1. The lowest BCUT2D eigenvalue weighted by atomic mass is 10.1. The van der Waals surface area contributed by atoms with Crippen molar-refractivity contribution in [2.24, 2.45) is 0 Å². The molecular weight excluding hydrogens is 264 g/mol. The van der Waals surface area contributed by atoms with Crippen molar-refractivity contribution in [3.8, 4) is 11.5 Å². The molecule has 0 radical (unpaired) electrons. The van der Waals surface area contributed by atoms with Gasteiger partial charge in [0.25, 0.3) is 0 Å². The fourth-order valence-electron chi connectivity index (χ4n) is 1.79. The van der Waals surface area contributed by atoms with Crippen LogP contribution in [0.1, 0.15) is 18.1 Å². The summed E-state index contributed by atoms with van der Waals surface area (Å²) in [4.78, 5) is 11.8. The van der Waals surface area contributed by atoms with E-state index in [2.05, 4.69) is 0 Å². The van der Waals surface area contributed by atoms with Crippen LogP contribution in [0.5, 0.6) is 11.5 Å². The Morgan fingerprint density at radius 2 is 1.71 bits per heavy atom. The van der Waals surface area contributed by atoms with E-state index < -0.39 is 5.97 Å². The second kappa shape index (κ2) is 7.29. The maximum atomic E-state index is 11.8. The summed E-state index contributed by atoms with van der Waals surface area (Å²) in [5.41, 5.74) is 2.14. The minimum Gasteiger partial charge on any atom is -0.490 e. The van der Waals surface area contributed by atoms with Crippen LogP contribution in [-0.4, -0.2) is 12.6 Å². The first kappa shape index (κ1) is 14.9.